The molecular weight excluding hydrogens is 516 g/mol. The van der Waals surface area contributed by atoms with E-state index in [4.69, 9.17) is 22.7 Å². The zero-order valence-corrected chi connectivity index (χ0v) is 21.3. The summed E-state index contributed by atoms with van der Waals surface area (Å²) >= 11 is 5.96. The van der Waals surface area contributed by atoms with Crippen LogP contribution in [0.2, 0.25) is 5.02 Å². The summed E-state index contributed by atoms with van der Waals surface area (Å²) in [5.41, 5.74) is 4.42. The summed E-state index contributed by atoms with van der Waals surface area (Å²) in [6, 6.07) is 2.66. The van der Waals surface area contributed by atoms with E-state index in [9.17, 15) is 22.0 Å². The van der Waals surface area contributed by atoms with Crippen LogP contribution in [-0.4, -0.2) is 24.6 Å². The Bertz CT molecular complexity index is 1210. The molecule has 0 amide bonds. The molecule has 3 N–H and O–H groups in total. The van der Waals surface area contributed by atoms with E-state index in [0.29, 0.717) is 23.8 Å². The van der Waals surface area contributed by atoms with Gasteiger partial charge < -0.3 is 5.41 Å². The molecule has 0 aliphatic carbocycles. The first-order valence-electron chi connectivity index (χ1n) is 11.3. The number of nitrogens with zero attached hydrogens (tertiary/aromatic N) is 1. The van der Waals surface area contributed by atoms with Crippen molar-refractivity contribution in [3.8, 4) is 0 Å². The van der Waals surface area contributed by atoms with Crippen LogP contribution in [0.3, 0.4) is 0 Å². The van der Waals surface area contributed by atoms with Gasteiger partial charge in [0.1, 0.15) is 11.7 Å². The van der Waals surface area contributed by atoms with Crippen LogP contribution in [0.15, 0.2) is 54.0 Å². The van der Waals surface area contributed by atoms with Crippen LogP contribution >= 0.6 is 11.6 Å². The number of rotatable bonds is 10. The first kappa shape index (κ1) is 30.3. The Balaban J connectivity index is 2.61. The van der Waals surface area contributed by atoms with Gasteiger partial charge in [0.25, 0.3) is 0 Å². The molecule has 37 heavy (non-hydrogen) atoms. The molecule has 0 saturated heterocycles. The number of hydrogen-bond donors (Lipinski definition) is 2. The van der Waals surface area contributed by atoms with Gasteiger partial charge in [-0.1, -0.05) is 56.3 Å². The van der Waals surface area contributed by atoms with Gasteiger partial charge in [0.2, 0.25) is 0 Å². The minimum absolute atomic E-state index is 0.0803. The Morgan fingerprint density at radius 1 is 1.14 bits per heavy atom. The van der Waals surface area contributed by atoms with Crippen molar-refractivity contribution in [1.29, 1.82) is 5.41 Å². The fraction of sp³-hybridized carbons (Fsp3) is 0.333. The van der Waals surface area contributed by atoms with Crippen LogP contribution in [0, 0.1) is 18.3 Å². The molecule has 0 radical (unpaired) electrons. The highest BCUT2D eigenvalue weighted by Crippen LogP contribution is 2.40. The van der Waals surface area contributed by atoms with E-state index in [2.05, 4.69) is 11.6 Å². The molecule has 0 aliphatic rings. The number of aryl methyl sites for hydroxylation is 1. The Morgan fingerprint density at radius 3 is 2.30 bits per heavy atom. The molecule has 0 saturated carbocycles. The molecule has 3 nitrogen and oxygen atoms in total. The molecule has 2 aromatic rings. The number of nitrogens with one attached hydrogen (secondary N) is 1. The van der Waals surface area contributed by atoms with E-state index < -0.39 is 35.1 Å². The van der Waals surface area contributed by atoms with Crippen LogP contribution in [0.1, 0.15) is 54.0 Å². The van der Waals surface area contributed by atoms with Gasteiger partial charge in [-0.2, -0.15) is 22.0 Å². The Hall–Kier alpha value is -2.91. The SMILES string of the molecule is C=C(C(=NCCC=N)C(C)C)c1ccc(/C(F)=C/C(c2ccc(C)c(Cl)c2)C(F)(F)F)cc1C(N)(F)F. The van der Waals surface area contributed by atoms with Gasteiger partial charge in [-0.05, 0) is 59.5 Å². The summed E-state index contributed by atoms with van der Waals surface area (Å²) in [7, 11) is 0. The highest BCUT2D eigenvalue weighted by molar-refractivity contribution is 6.31. The Kier molecular flexibility index (Phi) is 9.91. The lowest BCUT2D eigenvalue weighted by atomic mass is 9.89. The molecule has 10 heteroatoms. The standard InChI is InChI=1S/C27H28ClF6N3/c1-15(2)25(37-11-5-10-35)17(4)20-9-8-19(12-22(20)27(33,34)36)24(29)14-21(26(30,31)32)18-7-6-16(3)23(28)13-18/h6-10,12-15,21,35H,4-5,11,36H2,1-3H3/b24-14-,35-10?,37-25?. The number of nitrogens with two attached hydrogens (primary N) is 1. The normalized spacial score (nSPS) is 14.2. The lowest BCUT2D eigenvalue weighted by Crippen LogP contribution is -2.27. The van der Waals surface area contributed by atoms with E-state index >= 15 is 4.39 Å². The van der Waals surface area contributed by atoms with E-state index in [1.165, 1.54) is 12.1 Å². The fourth-order valence-corrected chi connectivity index (χ4v) is 3.86. The lowest BCUT2D eigenvalue weighted by molar-refractivity contribution is -0.139. The van der Waals surface area contributed by atoms with Crippen molar-refractivity contribution < 1.29 is 26.3 Å². The molecule has 0 aliphatic heterocycles. The predicted octanol–water partition coefficient (Wildman–Crippen LogP) is 8.46. The second-order valence-electron chi connectivity index (χ2n) is 8.82. The fourth-order valence-electron chi connectivity index (χ4n) is 3.67. The van der Waals surface area contributed by atoms with Crippen LogP contribution in [0.25, 0.3) is 11.4 Å². The van der Waals surface area contributed by atoms with Crippen molar-refractivity contribution >= 4 is 34.9 Å². The zero-order chi connectivity index (χ0) is 28.1. The first-order chi connectivity index (χ1) is 17.1. The number of alkyl halides is 5. The zero-order valence-electron chi connectivity index (χ0n) is 20.6. The highest BCUT2D eigenvalue weighted by Gasteiger charge is 2.40. The van der Waals surface area contributed by atoms with Gasteiger partial charge in [-0.25, -0.2) is 4.39 Å². The van der Waals surface area contributed by atoms with Crippen molar-refractivity contribution in [2.75, 3.05) is 6.54 Å². The van der Waals surface area contributed by atoms with Gasteiger partial charge >= 0.3 is 12.2 Å². The molecule has 0 bridgehead atoms. The summed E-state index contributed by atoms with van der Waals surface area (Å²) in [6.45, 7) is 9.27. The molecule has 200 valence electrons. The molecule has 2 aromatic carbocycles. The second-order valence-corrected chi connectivity index (χ2v) is 9.23. The minimum Gasteiger partial charge on any atom is -0.313 e. The third-order valence-electron chi connectivity index (χ3n) is 5.61. The molecule has 0 heterocycles. The molecule has 0 fully saturated rings. The number of allylic oxidation sites excluding steroid dienone is 2. The number of hydrogen-bond acceptors (Lipinski definition) is 3. The topological polar surface area (TPSA) is 62.2 Å². The van der Waals surface area contributed by atoms with E-state index in [1.807, 2.05) is 0 Å². The average molecular weight is 544 g/mol. The molecular formula is C27H28ClF6N3. The summed E-state index contributed by atoms with van der Waals surface area (Å²) in [4.78, 5) is 4.34. The van der Waals surface area contributed by atoms with Crippen molar-refractivity contribution in [1.82, 2.24) is 0 Å². The maximum atomic E-state index is 15.1. The number of benzene rings is 2. The quantitative estimate of drug-likeness (QED) is 0.134. The van der Waals surface area contributed by atoms with Gasteiger partial charge in [-0.3, -0.25) is 10.7 Å². The Morgan fingerprint density at radius 2 is 1.78 bits per heavy atom. The minimum atomic E-state index is -4.87. The monoisotopic (exact) mass is 543 g/mol. The van der Waals surface area contributed by atoms with E-state index in [0.717, 1.165) is 30.5 Å². The molecule has 0 spiro atoms. The van der Waals surface area contributed by atoms with Crippen LogP contribution < -0.4 is 5.73 Å². The Labute approximate surface area is 217 Å². The van der Waals surface area contributed by atoms with Gasteiger partial charge in [0.15, 0.2) is 0 Å². The third kappa shape index (κ3) is 7.79. The van der Waals surface area contributed by atoms with E-state index in [-0.39, 0.29) is 34.2 Å². The third-order valence-corrected chi connectivity index (χ3v) is 6.02. The van der Waals surface area contributed by atoms with Crippen molar-refractivity contribution in [2.24, 2.45) is 16.6 Å². The van der Waals surface area contributed by atoms with Gasteiger partial charge in [0.05, 0.1) is 0 Å². The molecule has 0 aromatic heterocycles. The average Bonchev–Trinajstić information content (AvgIpc) is 2.79. The molecule has 1 unspecified atom stereocenters. The van der Waals surface area contributed by atoms with Crippen LogP contribution in [0.4, 0.5) is 26.3 Å². The van der Waals surface area contributed by atoms with Crippen molar-refractivity contribution in [3.63, 3.8) is 0 Å². The van der Waals surface area contributed by atoms with Crippen LogP contribution in [0.5, 0.6) is 0 Å². The maximum absolute atomic E-state index is 15.1. The summed E-state index contributed by atoms with van der Waals surface area (Å²) in [6.07, 6.45) is -3.05. The maximum Gasteiger partial charge on any atom is 0.399 e. The molecule has 2 rings (SSSR count). The highest BCUT2D eigenvalue weighted by atomic mass is 35.5. The summed E-state index contributed by atoms with van der Waals surface area (Å²) in [5.74, 6) is -3.94. The number of halogens is 7. The van der Waals surface area contributed by atoms with Gasteiger partial charge in [0, 0.05) is 34.8 Å². The van der Waals surface area contributed by atoms with Gasteiger partial charge in [-0.15, -0.1) is 0 Å². The lowest BCUT2D eigenvalue weighted by Gasteiger charge is -2.21. The largest absolute Gasteiger partial charge is 0.399 e. The first-order valence-corrected chi connectivity index (χ1v) is 11.7. The molecule has 1 atom stereocenters. The van der Waals surface area contributed by atoms with Crippen molar-refractivity contribution in [2.45, 2.75) is 45.3 Å². The van der Waals surface area contributed by atoms with Crippen LogP contribution in [-0.2, 0) is 6.05 Å². The predicted molar refractivity (Wildman–Crippen MR) is 138 cm³/mol. The van der Waals surface area contributed by atoms with E-state index in [1.54, 1.807) is 20.8 Å². The second kappa shape index (κ2) is 12.1. The summed E-state index contributed by atoms with van der Waals surface area (Å²) < 4.78 is 85.4. The smallest absolute Gasteiger partial charge is 0.313 e. The summed E-state index contributed by atoms with van der Waals surface area (Å²) in [5, 5.41) is 7.20. The van der Waals surface area contributed by atoms with Crippen molar-refractivity contribution in [3.05, 3.63) is 81.9 Å². The number of aliphatic imine (C=N–C) groups is 1.